The fourth-order valence-electron chi connectivity index (χ4n) is 4.94. The molecule has 0 spiro atoms. The van der Waals surface area contributed by atoms with E-state index in [0.29, 0.717) is 13.0 Å². The summed E-state index contributed by atoms with van der Waals surface area (Å²) in [6, 6.07) is 16.3. The molecule has 1 aliphatic heterocycles. The maximum absolute atomic E-state index is 13.4. The predicted octanol–water partition coefficient (Wildman–Crippen LogP) is 6.33. The van der Waals surface area contributed by atoms with Crippen LogP contribution < -0.4 is 10.1 Å². The van der Waals surface area contributed by atoms with Crippen molar-refractivity contribution in [2.45, 2.75) is 46.1 Å². The number of nitrogens with one attached hydrogen (secondary N) is 1. The third kappa shape index (κ3) is 3.50. The van der Waals surface area contributed by atoms with Gasteiger partial charge in [-0.3, -0.25) is 9.78 Å². The topological polar surface area (TPSA) is 51.2 Å². The quantitative estimate of drug-likeness (QED) is 0.544. The number of carbonyl (C=O) groups excluding carboxylic acids is 1. The van der Waals surface area contributed by atoms with Crippen LogP contribution in [0.5, 0.6) is 5.75 Å². The maximum atomic E-state index is 13.4. The number of hydrogen-bond acceptors (Lipinski definition) is 4. The molecule has 5 rings (SSSR count). The molecule has 1 N–H and O–H groups in total. The molecule has 2 heterocycles. The van der Waals surface area contributed by atoms with Crippen LogP contribution in [0.3, 0.4) is 0 Å². The zero-order valence-corrected chi connectivity index (χ0v) is 18.4. The smallest absolute Gasteiger partial charge is 0.162 e. The molecule has 2 aromatic carbocycles. The number of rotatable bonds is 4. The summed E-state index contributed by atoms with van der Waals surface area (Å²) >= 11 is 0. The van der Waals surface area contributed by atoms with Crippen LogP contribution in [0.25, 0.3) is 16.5 Å². The van der Waals surface area contributed by atoms with Crippen LogP contribution in [0.4, 0.5) is 5.69 Å². The van der Waals surface area contributed by atoms with Gasteiger partial charge in [0.25, 0.3) is 0 Å². The van der Waals surface area contributed by atoms with Gasteiger partial charge in [0.15, 0.2) is 5.78 Å². The summed E-state index contributed by atoms with van der Waals surface area (Å²) in [7, 11) is 0. The van der Waals surface area contributed by atoms with Gasteiger partial charge in [-0.15, -0.1) is 0 Å². The summed E-state index contributed by atoms with van der Waals surface area (Å²) in [6.45, 7) is 7.18. The number of ether oxygens (including phenoxy) is 1. The van der Waals surface area contributed by atoms with Crippen molar-refractivity contribution in [2.75, 3.05) is 11.9 Å². The Kier molecular flexibility index (Phi) is 4.81. The van der Waals surface area contributed by atoms with Crippen LogP contribution in [0.15, 0.2) is 60.3 Å². The Morgan fingerprint density at radius 3 is 2.68 bits per heavy atom. The van der Waals surface area contributed by atoms with E-state index in [2.05, 4.69) is 61.4 Å². The predicted molar refractivity (Wildman–Crippen MR) is 125 cm³/mol. The lowest BCUT2D eigenvalue weighted by Gasteiger charge is -2.40. The second-order valence-electron chi connectivity index (χ2n) is 9.39. The Labute approximate surface area is 183 Å². The molecular formula is C27H28N2O2. The standard InChI is InChI=1S/C27H28N2O2/c1-4-14-31-18-9-7-17(8-10-18)26-25-20(15-27(2,3)16-23(25)30)24-19-6-5-13-28-21(19)11-12-22(24)29-26/h5-13,26,29H,4,14-16H2,1-3H3/t26-/m0/s1. The van der Waals surface area contributed by atoms with E-state index < -0.39 is 0 Å². The second-order valence-corrected chi connectivity index (χ2v) is 9.39. The lowest BCUT2D eigenvalue weighted by Crippen LogP contribution is -2.33. The largest absolute Gasteiger partial charge is 0.494 e. The Hall–Kier alpha value is -3.14. The Morgan fingerprint density at radius 1 is 1.10 bits per heavy atom. The maximum Gasteiger partial charge on any atom is 0.162 e. The fourth-order valence-corrected chi connectivity index (χ4v) is 4.94. The minimum Gasteiger partial charge on any atom is -0.494 e. The molecule has 0 unspecified atom stereocenters. The summed E-state index contributed by atoms with van der Waals surface area (Å²) in [5.41, 5.74) is 6.28. The zero-order valence-electron chi connectivity index (χ0n) is 18.4. The van der Waals surface area contributed by atoms with Gasteiger partial charge in [-0.25, -0.2) is 0 Å². The number of carbonyl (C=O) groups is 1. The molecule has 0 saturated carbocycles. The fraction of sp³-hybridized carbons (Fsp3) is 0.333. The summed E-state index contributed by atoms with van der Waals surface area (Å²) in [4.78, 5) is 18.0. The summed E-state index contributed by atoms with van der Waals surface area (Å²) in [5.74, 6) is 1.10. The number of nitrogens with zero attached hydrogens (tertiary/aromatic N) is 1. The van der Waals surface area contributed by atoms with E-state index in [0.717, 1.165) is 51.9 Å². The second kappa shape index (κ2) is 7.52. The van der Waals surface area contributed by atoms with Crippen molar-refractivity contribution in [1.82, 2.24) is 4.98 Å². The normalized spacial score (nSPS) is 19.6. The van der Waals surface area contributed by atoms with E-state index in [1.54, 1.807) is 0 Å². The van der Waals surface area contributed by atoms with Gasteiger partial charge in [-0.2, -0.15) is 0 Å². The number of allylic oxidation sites excluding steroid dienone is 1. The van der Waals surface area contributed by atoms with Crippen molar-refractivity contribution in [3.63, 3.8) is 0 Å². The third-order valence-electron chi connectivity index (χ3n) is 6.28. The lowest BCUT2D eigenvalue weighted by atomic mass is 9.68. The number of pyridine rings is 1. The van der Waals surface area contributed by atoms with E-state index in [4.69, 9.17) is 4.74 Å². The highest BCUT2D eigenvalue weighted by Crippen LogP contribution is 2.51. The molecule has 4 heteroatoms. The molecule has 0 saturated heterocycles. The van der Waals surface area contributed by atoms with Crippen molar-refractivity contribution >= 4 is 27.9 Å². The van der Waals surface area contributed by atoms with Crippen LogP contribution >= 0.6 is 0 Å². The first kappa shape index (κ1) is 19.8. The molecule has 0 radical (unpaired) electrons. The number of fused-ring (bicyclic) bond motifs is 4. The van der Waals surface area contributed by atoms with Gasteiger partial charge in [-0.1, -0.05) is 39.0 Å². The van der Waals surface area contributed by atoms with Crippen LogP contribution in [-0.2, 0) is 4.79 Å². The first-order valence-corrected chi connectivity index (χ1v) is 11.1. The number of hydrogen-bond donors (Lipinski definition) is 1. The molecular weight excluding hydrogens is 384 g/mol. The van der Waals surface area contributed by atoms with E-state index in [1.807, 2.05) is 24.4 Å². The number of benzene rings is 2. The highest BCUT2D eigenvalue weighted by Gasteiger charge is 2.40. The number of Topliss-reactive ketones (excluding diaryl/α,β-unsaturated/α-hetero) is 1. The van der Waals surface area contributed by atoms with E-state index in [-0.39, 0.29) is 17.2 Å². The van der Waals surface area contributed by atoms with Crippen molar-refractivity contribution in [1.29, 1.82) is 0 Å². The Balaban J connectivity index is 1.66. The lowest BCUT2D eigenvalue weighted by molar-refractivity contribution is -0.118. The molecule has 1 aromatic heterocycles. The van der Waals surface area contributed by atoms with Crippen molar-refractivity contribution in [3.05, 3.63) is 71.4 Å². The molecule has 0 bridgehead atoms. The third-order valence-corrected chi connectivity index (χ3v) is 6.28. The van der Waals surface area contributed by atoms with Gasteiger partial charge in [0.1, 0.15) is 5.75 Å². The first-order valence-electron chi connectivity index (χ1n) is 11.1. The van der Waals surface area contributed by atoms with E-state index >= 15 is 0 Å². The van der Waals surface area contributed by atoms with Crippen molar-refractivity contribution in [3.8, 4) is 5.75 Å². The number of ketones is 1. The van der Waals surface area contributed by atoms with Crippen LogP contribution in [-0.4, -0.2) is 17.4 Å². The molecule has 0 fully saturated rings. The zero-order chi connectivity index (χ0) is 21.6. The highest BCUT2D eigenvalue weighted by molar-refractivity contribution is 6.12. The molecule has 0 amide bonds. The van der Waals surface area contributed by atoms with Gasteiger partial charge in [0.2, 0.25) is 0 Å². The molecule has 1 aliphatic carbocycles. The van der Waals surface area contributed by atoms with Crippen molar-refractivity contribution < 1.29 is 9.53 Å². The summed E-state index contributed by atoms with van der Waals surface area (Å²) in [5, 5.41) is 4.78. The highest BCUT2D eigenvalue weighted by atomic mass is 16.5. The summed E-state index contributed by atoms with van der Waals surface area (Å²) < 4.78 is 5.75. The van der Waals surface area contributed by atoms with Crippen LogP contribution in [0.1, 0.15) is 57.2 Å². The first-order chi connectivity index (χ1) is 15.0. The minimum absolute atomic E-state index is 0.0582. The van der Waals surface area contributed by atoms with Gasteiger partial charge in [0.05, 0.1) is 18.2 Å². The average molecular weight is 413 g/mol. The van der Waals surface area contributed by atoms with Crippen molar-refractivity contribution in [2.24, 2.45) is 5.41 Å². The van der Waals surface area contributed by atoms with E-state index in [9.17, 15) is 4.79 Å². The molecule has 1 atom stereocenters. The monoisotopic (exact) mass is 412 g/mol. The van der Waals surface area contributed by atoms with Gasteiger partial charge < -0.3 is 10.1 Å². The Bertz CT molecular complexity index is 1190. The number of aromatic nitrogens is 1. The molecule has 31 heavy (non-hydrogen) atoms. The van der Waals surface area contributed by atoms with Crippen LogP contribution in [0, 0.1) is 5.41 Å². The average Bonchev–Trinajstić information content (AvgIpc) is 2.76. The van der Waals surface area contributed by atoms with E-state index in [1.165, 1.54) is 5.57 Å². The summed E-state index contributed by atoms with van der Waals surface area (Å²) in [6.07, 6.45) is 4.25. The SMILES string of the molecule is CCCOc1ccc([C@@H]2Nc3ccc4ncccc4c3C3=C2C(=O)CC(C)(C)C3)cc1. The van der Waals surface area contributed by atoms with Crippen LogP contribution in [0.2, 0.25) is 0 Å². The van der Waals surface area contributed by atoms with Gasteiger partial charge in [0, 0.05) is 34.8 Å². The molecule has 3 aromatic rings. The number of anilines is 1. The molecule has 2 aliphatic rings. The molecule has 4 nitrogen and oxygen atoms in total. The molecule has 158 valence electrons. The minimum atomic E-state index is -0.152. The van der Waals surface area contributed by atoms with Gasteiger partial charge in [-0.05, 0) is 59.7 Å². The Morgan fingerprint density at radius 2 is 1.90 bits per heavy atom. The van der Waals surface area contributed by atoms with Gasteiger partial charge >= 0.3 is 0 Å².